The molecule has 0 aromatic heterocycles. The Morgan fingerprint density at radius 1 is 1.70 bits per heavy atom. The van der Waals surface area contributed by atoms with E-state index in [0.717, 1.165) is 26.1 Å². The van der Waals surface area contributed by atoms with Gasteiger partial charge in [-0.2, -0.15) is 0 Å². The molecule has 3 heteroatoms. The molecule has 60 valence electrons. The summed E-state index contributed by atoms with van der Waals surface area (Å²) in [6.07, 6.45) is 2.35. The van der Waals surface area contributed by atoms with Gasteiger partial charge in [-0.15, -0.1) is 0 Å². The van der Waals surface area contributed by atoms with E-state index in [-0.39, 0.29) is 0 Å². The molecule has 0 aliphatic carbocycles. The van der Waals surface area contributed by atoms with Crippen molar-refractivity contribution in [2.45, 2.75) is 25.8 Å². The van der Waals surface area contributed by atoms with Gasteiger partial charge in [-0.3, -0.25) is 5.84 Å². The van der Waals surface area contributed by atoms with Crippen LogP contribution in [0.25, 0.3) is 0 Å². The van der Waals surface area contributed by atoms with Crippen LogP contribution in [0.5, 0.6) is 0 Å². The molecule has 3 nitrogen and oxygen atoms in total. The lowest BCUT2D eigenvalue weighted by Gasteiger charge is -2.21. The first-order valence-corrected chi connectivity index (χ1v) is 4.06. The summed E-state index contributed by atoms with van der Waals surface area (Å²) in [6.45, 7) is 5.37. The molecule has 3 N–H and O–H groups in total. The highest BCUT2D eigenvalue weighted by atomic mass is 15.4. The molecule has 1 unspecified atom stereocenters. The van der Waals surface area contributed by atoms with E-state index in [0.29, 0.717) is 6.04 Å². The number of nitrogens with two attached hydrogens (primary N) is 1. The summed E-state index contributed by atoms with van der Waals surface area (Å²) >= 11 is 0. The summed E-state index contributed by atoms with van der Waals surface area (Å²) in [5.41, 5.74) is 0. The minimum atomic E-state index is 0.583. The Balaban J connectivity index is 2.18. The number of nitrogens with one attached hydrogen (secondary N) is 1. The fourth-order valence-electron chi connectivity index (χ4n) is 1.36. The molecule has 0 radical (unpaired) electrons. The van der Waals surface area contributed by atoms with Crippen molar-refractivity contribution in [3.05, 3.63) is 0 Å². The first kappa shape index (κ1) is 7.98. The predicted octanol–water partition coefficient (Wildman–Crippen LogP) is -0.0660. The minimum absolute atomic E-state index is 0.583. The SMILES string of the molecule is CCCN(N)C1CCNC1. The van der Waals surface area contributed by atoms with Crippen LogP contribution in [0.3, 0.4) is 0 Å². The van der Waals surface area contributed by atoms with Gasteiger partial charge in [0.05, 0.1) is 0 Å². The van der Waals surface area contributed by atoms with Crippen molar-refractivity contribution < 1.29 is 0 Å². The maximum atomic E-state index is 5.78. The van der Waals surface area contributed by atoms with Crippen LogP contribution in [0.4, 0.5) is 0 Å². The number of hydrogen-bond acceptors (Lipinski definition) is 3. The highest BCUT2D eigenvalue weighted by molar-refractivity contribution is 4.77. The van der Waals surface area contributed by atoms with E-state index in [1.54, 1.807) is 0 Å². The summed E-state index contributed by atoms with van der Waals surface area (Å²) in [4.78, 5) is 0. The first-order valence-electron chi connectivity index (χ1n) is 4.06. The lowest BCUT2D eigenvalue weighted by Crippen LogP contribution is -2.42. The summed E-state index contributed by atoms with van der Waals surface area (Å²) in [5.74, 6) is 5.78. The quantitative estimate of drug-likeness (QED) is 0.429. The van der Waals surface area contributed by atoms with Gasteiger partial charge in [-0.1, -0.05) is 6.92 Å². The van der Waals surface area contributed by atoms with E-state index in [1.165, 1.54) is 6.42 Å². The molecule has 0 aromatic carbocycles. The Hall–Kier alpha value is -0.120. The summed E-state index contributed by atoms with van der Waals surface area (Å²) in [5, 5.41) is 5.25. The third-order valence-electron chi connectivity index (χ3n) is 1.99. The van der Waals surface area contributed by atoms with Crippen LogP contribution in [0.15, 0.2) is 0 Å². The normalized spacial score (nSPS) is 26.1. The van der Waals surface area contributed by atoms with E-state index in [2.05, 4.69) is 12.2 Å². The molecule has 1 fully saturated rings. The van der Waals surface area contributed by atoms with Gasteiger partial charge in [0.2, 0.25) is 0 Å². The number of rotatable bonds is 3. The number of hydrogen-bond donors (Lipinski definition) is 2. The highest BCUT2D eigenvalue weighted by Gasteiger charge is 2.18. The van der Waals surface area contributed by atoms with E-state index < -0.39 is 0 Å². The lowest BCUT2D eigenvalue weighted by atomic mass is 10.2. The molecule has 0 bridgehead atoms. The van der Waals surface area contributed by atoms with E-state index in [4.69, 9.17) is 5.84 Å². The van der Waals surface area contributed by atoms with Crippen molar-refractivity contribution >= 4 is 0 Å². The summed E-state index contributed by atoms with van der Waals surface area (Å²) < 4.78 is 0. The summed E-state index contributed by atoms with van der Waals surface area (Å²) in [6, 6.07) is 0.583. The van der Waals surface area contributed by atoms with Crippen LogP contribution < -0.4 is 11.2 Å². The molecule has 0 saturated carbocycles. The first-order chi connectivity index (χ1) is 4.84. The minimum Gasteiger partial charge on any atom is -0.315 e. The zero-order chi connectivity index (χ0) is 7.40. The van der Waals surface area contributed by atoms with E-state index in [1.807, 2.05) is 5.01 Å². The second-order valence-electron chi connectivity index (χ2n) is 2.88. The maximum Gasteiger partial charge on any atom is 0.0377 e. The lowest BCUT2D eigenvalue weighted by molar-refractivity contribution is 0.214. The number of hydrazine groups is 1. The van der Waals surface area contributed by atoms with E-state index >= 15 is 0 Å². The molecular weight excluding hydrogens is 126 g/mol. The average molecular weight is 143 g/mol. The highest BCUT2D eigenvalue weighted by Crippen LogP contribution is 2.03. The molecule has 0 aromatic rings. The second kappa shape index (κ2) is 3.91. The maximum absolute atomic E-state index is 5.78. The van der Waals surface area contributed by atoms with Gasteiger partial charge in [0.1, 0.15) is 0 Å². The molecule has 1 rings (SSSR count). The third-order valence-corrected chi connectivity index (χ3v) is 1.99. The summed E-state index contributed by atoms with van der Waals surface area (Å²) in [7, 11) is 0. The van der Waals surface area contributed by atoms with Crippen molar-refractivity contribution in [3.8, 4) is 0 Å². The fourth-order valence-corrected chi connectivity index (χ4v) is 1.36. The monoisotopic (exact) mass is 143 g/mol. The van der Waals surface area contributed by atoms with Gasteiger partial charge in [0, 0.05) is 19.1 Å². The fraction of sp³-hybridized carbons (Fsp3) is 1.00. The van der Waals surface area contributed by atoms with Crippen molar-refractivity contribution in [3.63, 3.8) is 0 Å². The van der Waals surface area contributed by atoms with Crippen molar-refractivity contribution in [2.75, 3.05) is 19.6 Å². The molecule has 1 saturated heterocycles. The molecular formula is C7H17N3. The third kappa shape index (κ3) is 1.94. The van der Waals surface area contributed by atoms with Gasteiger partial charge in [-0.25, -0.2) is 5.01 Å². The largest absolute Gasteiger partial charge is 0.315 e. The van der Waals surface area contributed by atoms with Crippen LogP contribution in [0.1, 0.15) is 19.8 Å². The topological polar surface area (TPSA) is 41.3 Å². The van der Waals surface area contributed by atoms with Crippen LogP contribution in [0, 0.1) is 0 Å². The zero-order valence-electron chi connectivity index (χ0n) is 6.64. The standard InChI is InChI=1S/C7H17N3/c1-2-5-10(8)7-3-4-9-6-7/h7,9H,2-6,8H2,1H3. The van der Waals surface area contributed by atoms with Crippen LogP contribution >= 0.6 is 0 Å². The van der Waals surface area contributed by atoms with Crippen LogP contribution in [-0.2, 0) is 0 Å². The average Bonchev–Trinajstić information content (AvgIpc) is 2.38. The van der Waals surface area contributed by atoms with Crippen molar-refractivity contribution in [1.82, 2.24) is 10.3 Å². The Morgan fingerprint density at radius 3 is 3.00 bits per heavy atom. The van der Waals surface area contributed by atoms with Gasteiger partial charge in [-0.05, 0) is 19.4 Å². The van der Waals surface area contributed by atoms with Gasteiger partial charge >= 0.3 is 0 Å². The smallest absolute Gasteiger partial charge is 0.0377 e. The second-order valence-corrected chi connectivity index (χ2v) is 2.88. The van der Waals surface area contributed by atoms with E-state index in [9.17, 15) is 0 Å². The Bertz CT molecular complexity index is 88.9. The Labute approximate surface area is 62.5 Å². The van der Waals surface area contributed by atoms with Gasteiger partial charge < -0.3 is 5.32 Å². The van der Waals surface area contributed by atoms with Gasteiger partial charge in [0.15, 0.2) is 0 Å². The molecule has 1 heterocycles. The van der Waals surface area contributed by atoms with Crippen molar-refractivity contribution in [2.24, 2.45) is 5.84 Å². The molecule has 10 heavy (non-hydrogen) atoms. The van der Waals surface area contributed by atoms with Crippen molar-refractivity contribution in [1.29, 1.82) is 0 Å². The Kier molecular flexibility index (Phi) is 3.12. The molecule has 0 spiro atoms. The molecule has 0 amide bonds. The molecule has 1 aliphatic heterocycles. The number of nitrogens with zero attached hydrogens (tertiary/aromatic N) is 1. The predicted molar refractivity (Wildman–Crippen MR) is 42.5 cm³/mol. The molecule has 1 aliphatic rings. The van der Waals surface area contributed by atoms with Crippen LogP contribution in [0.2, 0.25) is 0 Å². The molecule has 1 atom stereocenters. The van der Waals surface area contributed by atoms with Gasteiger partial charge in [0.25, 0.3) is 0 Å². The Morgan fingerprint density at radius 2 is 2.50 bits per heavy atom. The zero-order valence-corrected chi connectivity index (χ0v) is 6.64. The van der Waals surface area contributed by atoms with Crippen LogP contribution in [-0.4, -0.2) is 30.7 Å².